The van der Waals surface area contributed by atoms with Crippen molar-refractivity contribution in [3.05, 3.63) is 72.9 Å². The van der Waals surface area contributed by atoms with E-state index in [0.717, 1.165) is 103 Å². The number of carbonyl (C=O) groups excluding carboxylic acids is 2. The highest BCUT2D eigenvalue weighted by molar-refractivity contribution is 7.47. The minimum absolute atomic E-state index is 0.168. The Morgan fingerprint density at radius 1 is 0.544 bits per heavy atom. The number of carbonyl (C=O) groups is 2. The molecule has 0 radical (unpaired) electrons. The van der Waals surface area contributed by atoms with E-state index in [1.54, 1.807) is 0 Å². The number of phosphoric ester groups is 1. The third kappa shape index (κ3) is 41.4. The van der Waals surface area contributed by atoms with Gasteiger partial charge in [-0.2, -0.15) is 0 Å². The van der Waals surface area contributed by atoms with Crippen molar-refractivity contribution < 1.29 is 47.8 Å². The summed E-state index contributed by atoms with van der Waals surface area (Å²) in [5.41, 5.74) is 0. The standard InChI is InChI=1S/C46H79O10P/c1-3-5-7-9-11-13-15-17-18-19-20-21-22-23-24-26-28-30-32-34-36-38-46(50)56-44(42-55-57(51,52)54-40-43(48)39-47)41-53-45(49)37-35-33-31-29-27-25-16-14-12-10-8-6-4-2/h5,7-8,10-11,13-14,16-18,20-21,43-44,47-48H,3-4,6,9,12,15,19,22-42H2,1-2H3,(H,51,52)/b7-5-,10-8-,13-11-,16-14-,18-17-,21-20-. The van der Waals surface area contributed by atoms with E-state index in [-0.39, 0.29) is 19.4 Å². The van der Waals surface area contributed by atoms with Gasteiger partial charge in [-0.25, -0.2) is 4.57 Å². The number of hydrogen-bond acceptors (Lipinski definition) is 9. The van der Waals surface area contributed by atoms with Crippen molar-refractivity contribution in [3.8, 4) is 0 Å². The van der Waals surface area contributed by atoms with E-state index in [2.05, 4.69) is 91.3 Å². The lowest BCUT2D eigenvalue weighted by Crippen LogP contribution is -2.29. The zero-order valence-electron chi connectivity index (χ0n) is 35.5. The van der Waals surface area contributed by atoms with Crippen molar-refractivity contribution in [2.24, 2.45) is 0 Å². The first-order valence-corrected chi connectivity index (χ1v) is 23.4. The van der Waals surface area contributed by atoms with Gasteiger partial charge in [-0.05, 0) is 77.0 Å². The summed E-state index contributed by atoms with van der Waals surface area (Å²) in [5.74, 6) is -0.956. The van der Waals surface area contributed by atoms with E-state index in [0.29, 0.717) is 12.8 Å². The Bertz CT molecular complexity index is 1180. The van der Waals surface area contributed by atoms with Crippen LogP contribution in [0.25, 0.3) is 0 Å². The number of aliphatic hydroxyl groups excluding tert-OH is 2. The van der Waals surface area contributed by atoms with E-state index < -0.39 is 51.8 Å². The predicted molar refractivity (Wildman–Crippen MR) is 233 cm³/mol. The smallest absolute Gasteiger partial charge is 0.462 e. The van der Waals surface area contributed by atoms with Crippen LogP contribution in [0.15, 0.2) is 72.9 Å². The van der Waals surface area contributed by atoms with Crippen LogP contribution in [0.4, 0.5) is 0 Å². The van der Waals surface area contributed by atoms with E-state index in [9.17, 15) is 24.2 Å². The van der Waals surface area contributed by atoms with Gasteiger partial charge in [-0.1, -0.05) is 151 Å². The van der Waals surface area contributed by atoms with Gasteiger partial charge < -0.3 is 24.6 Å². The fourth-order valence-electron chi connectivity index (χ4n) is 5.49. The minimum atomic E-state index is -4.63. The largest absolute Gasteiger partial charge is 0.472 e. The van der Waals surface area contributed by atoms with E-state index in [1.165, 1.54) is 25.7 Å². The summed E-state index contributed by atoms with van der Waals surface area (Å²) in [4.78, 5) is 35.0. The van der Waals surface area contributed by atoms with Gasteiger partial charge in [0.25, 0.3) is 0 Å². The maximum atomic E-state index is 12.6. The molecular weight excluding hydrogens is 743 g/mol. The fraction of sp³-hybridized carbons (Fsp3) is 0.696. The highest BCUT2D eigenvalue weighted by Crippen LogP contribution is 2.43. The molecule has 0 aromatic heterocycles. The summed E-state index contributed by atoms with van der Waals surface area (Å²) >= 11 is 0. The molecule has 0 spiro atoms. The molecule has 328 valence electrons. The van der Waals surface area contributed by atoms with Crippen LogP contribution in [-0.4, -0.2) is 65.7 Å². The Hall–Kier alpha value is -2.59. The van der Waals surface area contributed by atoms with E-state index >= 15 is 0 Å². The summed E-state index contributed by atoms with van der Waals surface area (Å²) in [6.45, 7) is 2.16. The topological polar surface area (TPSA) is 149 Å². The van der Waals surface area contributed by atoms with Crippen LogP contribution in [0.2, 0.25) is 0 Å². The van der Waals surface area contributed by atoms with Crippen molar-refractivity contribution in [2.45, 2.75) is 180 Å². The first-order chi connectivity index (χ1) is 27.7. The van der Waals surface area contributed by atoms with Gasteiger partial charge in [0.1, 0.15) is 12.7 Å². The van der Waals surface area contributed by atoms with Gasteiger partial charge in [0, 0.05) is 12.8 Å². The van der Waals surface area contributed by atoms with Crippen LogP contribution in [-0.2, 0) is 32.7 Å². The Kier molecular flexibility index (Phi) is 39.7. The minimum Gasteiger partial charge on any atom is -0.462 e. The number of rotatable bonds is 40. The highest BCUT2D eigenvalue weighted by atomic mass is 31.2. The molecule has 0 amide bonds. The average Bonchev–Trinajstić information content (AvgIpc) is 3.20. The number of hydrogen-bond donors (Lipinski definition) is 3. The molecule has 0 bridgehead atoms. The molecule has 10 nitrogen and oxygen atoms in total. The van der Waals surface area contributed by atoms with Crippen molar-refractivity contribution in [1.82, 2.24) is 0 Å². The van der Waals surface area contributed by atoms with Gasteiger partial charge in [-0.15, -0.1) is 0 Å². The molecular formula is C46H79O10P. The molecule has 0 saturated heterocycles. The second kappa shape index (κ2) is 41.6. The van der Waals surface area contributed by atoms with Gasteiger partial charge in [0.05, 0.1) is 19.8 Å². The summed E-state index contributed by atoms with van der Waals surface area (Å²) in [7, 11) is -4.63. The third-order valence-electron chi connectivity index (χ3n) is 8.83. The zero-order chi connectivity index (χ0) is 41.9. The number of ether oxygens (including phenoxy) is 2. The predicted octanol–water partition coefficient (Wildman–Crippen LogP) is 11.7. The molecule has 0 aliphatic rings. The summed E-state index contributed by atoms with van der Waals surface area (Å²) < 4.78 is 32.7. The van der Waals surface area contributed by atoms with Gasteiger partial charge >= 0.3 is 19.8 Å². The normalized spacial score (nSPS) is 14.5. The van der Waals surface area contributed by atoms with Crippen LogP contribution < -0.4 is 0 Å². The van der Waals surface area contributed by atoms with Crippen LogP contribution in [0.3, 0.4) is 0 Å². The molecule has 0 aliphatic heterocycles. The van der Waals surface area contributed by atoms with Crippen molar-refractivity contribution in [2.75, 3.05) is 26.4 Å². The third-order valence-corrected chi connectivity index (χ3v) is 9.78. The molecule has 3 atom stereocenters. The molecule has 0 heterocycles. The van der Waals surface area contributed by atoms with E-state index in [4.69, 9.17) is 19.1 Å². The molecule has 3 unspecified atom stereocenters. The molecule has 11 heteroatoms. The Labute approximate surface area is 346 Å². The van der Waals surface area contributed by atoms with Crippen LogP contribution in [0, 0.1) is 0 Å². The van der Waals surface area contributed by atoms with Gasteiger partial charge in [-0.3, -0.25) is 18.6 Å². The monoisotopic (exact) mass is 823 g/mol. The average molecular weight is 823 g/mol. The molecule has 0 saturated carbocycles. The first-order valence-electron chi connectivity index (χ1n) is 21.9. The highest BCUT2D eigenvalue weighted by Gasteiger charge is 2.27. The molecule has 0 aromatic rings. The van der Waals surface area contributed by atoms with Crippen molar-refractivity contribution >= 4 is 19.8 Å². The summed E-state index contributed by atoms with van der Waals surface area (Å²) in [6.07, 6.45) is 47.2. The van der Waals surface area contributed by atoms with Gasteiger partial charge in [0.2, 0.25) is 0 Å². The number of allylic oxidation sites excluding steroid dienone is 12. The van der Waals surface area contributed by atoms with Crippen LogP contribution >= 0.6 is 7.82 Å². The fourth-order valence-corrected chi connectivity index (χ4v) is 6.28. The molecule has 3 N–H and O–H groups in total. The van der Waals surface area contributed by atoms with Crippen molar-refractivity contribution in [3.63, 3.8) is 0 Å². The number of esters is 2. The SMILES string of the molecule is CC/C=C\C/C=C\C/C=C\C/C=C\CCCCCCCCCCC(=O)OC(COC(=O)CCCCCCC/C=C\C/C=C\CCC)COP(=O)(O)OCC(O)CO. The molecule has 0 aliphatic carbocycles. The maximum Gasteiger partial charge on any atom is 0.472 e. The van der Waals surface area contributed by atoms with E-state index in [1.807, 2.05) is 0 Å². The molecule has 57 heavy (non-hydrogen) atoms. The number of unbranched alkanes of at least 4 members (excludes halogenated alkanes) is 14. The summed E-state index contributed by atoms with van der Waals surface area (Å²) in [6, 6.07) is 0. The zero-order valence-corrected chi connectivity index (χ0v) is 36.4. The molecule has 0 rings (SSSR count). The summed E-state index contributed by atoms with van der Waals surface area (Å²) in [5, 5.41) is 18.3. The Morgan fingerprint density at radius 3 is 1.46 bits per heavy atom. The quantitative estimate of drug-likeness (QED) is 0.0236. The Morgan fingerprint density at radius 2 is 0.965 bits per heavy atom. The Balaban J connectivity index is 4.30. The lowest BCUT2D eigenvalue weighted by molar-refractivity contribution is -0.161. The van der Waals surface area contributed by atoms with Crippen molar-refractivity contribution in [1.29, 1.82) is 0 Å². The molecule has 0 aromatic carbocycles. The second-order valence-corrected chi connectivity index (χ2v) is 15.8. The van der Waals surface area contributed by atoms with Gasteiger partial charge in [0.15, 0.2) is 6.10 Å². The maximum absolute atomic E-state index is 12.6. The van der Waals surface area contributed by atoms with Crippen LogP contribution in [0.1, 0.15) is 168 Å². The molecule has 0 fully saturated rings. The van der Waals surface area contributed by atoms with Crippen LogP contribution in [0.5, 0.6) is 0 Å². The number of phosphoric acid groups is 1. The second-order valence-electron chi connectivity index (χ2n) is 14.3. The lowest BCUT2D eigenvalue weighted by Gasteiger charge is -2.20. The first kappa shape index (κ1) is 54.4. The number of aliphatic hydroxyl groups is 2. The lowest BCUT2D eigenvalue weighted by atomic mass is 10.1.